The van der Waals surface area contributed by atoms with E-state index in [1.165, 1.54) is 25.8 Å². The molecule has 21 heavy (non-hydrogen) atoms. The quantitative estimate of drug-likeness (QED) is 0.930. The topological polar surface area (TPSA) is 54.5 Å². The Hall–Kier alpha value is -1.40. The van der Waals surface area contributed by atoms with E-state index in [4.69, 9.17) is 0 Å². The summed E-state index contributed by atoms with van der Waals surface area (Å²) in [6.07, 6.45) is 2.11. The molecule has 4 nitrogen and oxygen atoms in total. The number of thioether (sulfide) groups is 1. The summed E-state index contributed by atoms with van der Waals surface area (Å²) in [4.78, 5) is 4.12. The molecule has 6 heteroatoms. The number of H-pyrrole nitrogens is 1. The Bertz CT molecular complexity index is 699. The van der Waals surface area contributed by atoms with Crippen LogP contribution in [0, 0.1) is 6.92 Å². The van der Waals surface area contributed by atoms with E-state index in [1.807, 2.05) is 16.7 Å². The van der Waals surface area contributed by atoms with E-state index in [1.54, 1.807) is 11.8 Å². The van der Waals surface area contributed by atoms with Gasteiger partial charge in [-0.2, -0.15) is 5.21 Å². The Balaban J connectivity index is 2.26. The average Bonchev–Trinajstić information content (AvgIpc) is 3.09. The van der Waals surface area contributed by atoms with Gasteiger partial charge < -0.3 is 0 Å². The first-order valence-electron chi connectivity index (χ1n) is 6.89. The SMILES string of the molecule is C=CSC1=C(C)C(C)(c2nn[nH]n2)c2cc(C)sc2CC1. The summed E-state index contributed by atoms with van der Waals surface area (Å²) in [5.41, 5.74) is 2.29. The standard InChI is InChI=1S/C15H18N4S2/c1-5-20-12-6-7-13-11(8-9(2)21-13)15(4,10(12)3)14-16-18-19-17-14/h5,8H,1,6-7H2,2-4H3,(H,16,17,18,19). The molecule has 2 heterocycles. The molecule has 1 unspecified atom stereocenters. The maximum Gasteiger partial charge on any atom is 0.188 e. The summed E-state index contributed by atoms with van der Waals surface area (Å²) < 4.78 is 0. The van der Waals surface area contributed by atoms with Crippen molar-refractivity contribution in [3.8, 4) is 0 Å². The minimum absolute atomic E-state index is 0.324. The predicted octanol–water partition coefficient (Wildman–Crippen LogP) is 3.97. The van der Waals surface area contributed by atoms with Crippen LogP contribution < -0.4 is 0 Å². The number of tetrazole rings is 1. The summed E-state index contributed by atoms with van der Waals surface area (Å²) >= 11 is 3.59. The van der Waals surface area contributed by atoms with Crippen molar-refractivity contribution in [3.63, 3.8) is 0 Å². The molecule has 0 aromatic carbocycles. The molecule has 0 aliphatic heterocycles. The van der Waals surface area contributed by atoms with E-state index >= 15 is 0 Å². The average molecular weight is 318 g/mol. The Kier molecular flexibility index (Phi) is 3.75. The molecule has 3 rings (SSSR count). The minimum atomic E-state index is -0.324. The number of aromatic amines is 1. The van der Waals surface area contributed by atoms with Crippen LogP contribution in [0.1, 0.15) is 41.4 Å². The van der Waals surface area contributed by atoms with E-state index in [0.717, 1.165) is 18.7 Å². The summed E-state index contributed by atoms with van der Waals surface area (Å²) in [5.74, 6) is 0.739. The highest BCUT2D eigenvalue weighted by molar-refractivity contribution is 8.05. The lowest BCUT2D eigenvalue weighted by atomic mass is 9.76. The van der Waals surface area contributed by atoms with Gasteiger partial charge in [-0.3, -0.25) is 0 Å². The van der Waals surface area contributed by atoms with E-state index in [2.05, 4.69) is 54.0 Å². The molecule has 0 radical (unpaired) electrons. The second-order valence-corrected chi connectivity index (χ2v) is 7.79. The van der Waals surface area contributed by atoms with Crippen LogP contribution >= 0.6 is 23.1 Å². The normalized spacial score (nSPS) is 22.0. The molecular formula is C15H18N4S2. The third-order valence-corrected chi connectivity index (χ3v) is 6.31. The Labute approximate surface area is 132 Å². The first-order chi connectivity index (χ1) is 10.1. The minimum Gasteiger partial charge on any atom is -0.177 e. The lowest BCUT2D eigenvalue weighted by molar-refractivity contribution is 0.621. The van der Waals surface area contributed by atoms with Gasteiger partial charge >= 0.3 is 0 Å². The van der Waals surface area contributed by atoms with Crippen LogP contribution in [-0.2, 0) is 11.8 Å². The lowest BCUT2D eigenvalue weighted by Crippen LogP contribution is -2.27. The summed E-state index contributed by atoms with van der Waals surface area (Å²) in [6.45, 7) is 10.4. The maximum absolute atomic E-state index is 4.29. The second kappa shape index (κ2) is 5.42. The highest BCUT2D eigenvalue weighted by Crippen LogP contribution is 2.47. The van der Waals surface area contributed by atoms with Gasteiger partial charge in [0, 0.05) is 9.75 Å². The molecule has 0 saturated heterocycles. The number of aryl methyl sites for hydroxylation is 2. The van der Waals surface area contributed by atoms with Crippen LogP contribution in [0.25, 0.3) is 0 Å². The molecule has 0 spiro atoms. The van der Waals surface area contributed by atoms with Gasteiger partial charge in [-0.05, 0) is 61.1 Å². The fourth-order valence-corrected chi connectivity index (χ4v) is 4.92. The van der Waals surface area contributed by atoms with Crippen LogP contribution in [0.5, 0.6) is 0 Å². The molecule has 0 bridgehead atoms. The first kappa shape index (κ1) is 14.5. The number of rotatable bonds is 3. The third-order valence-electron chi connectivity index (χ3n) is 4.24. The van der Waals surface area contributed by atoms with Crippen molar-refractivity contribution in [3.05, 3.63) is 49.7 Å². The molecule has 1 atom stereocenters. The summed E-state index contributed by atoms with van der Waals surface area (Å²) in [6, 6.07) is 2.28. The van der Waals surface area contributed by atoms with Gasteiger partial charge in [-0.25, -0.2) is 0 Å². The number of aromatic nitrogens is 4. The van der Waals surface area contributed by atoms with E-state index in [9.17, 15) is 0 Å². The number of allylic oxidation sites excluding steroid dienone is 2. The molecule has 2 aromatic rings. The molecule has 0 amide bonds. The van der Waals surface area contributed by atoms with Crippen molar-refractivity contribution in [1.82, 2.24) is 20.6 Å². The van der Waals surface area contributed by atoms with E-state index < -0.39 is 0 Å². The third kappa shape index (κ3) is 2.26. The fourth-order valence-electron chi connectivity index (χ4n) is 2.98. The van der Waals surface area contributed by atoms with Gasteiger partial charge in [-0.1, -0.05) is 11.8 Å². The monoisotopic (exact) mass is 318 g/mol. The lowest BCUT2D eigenvalue weighted by Gasteiger charge is -2.28. The van der Waals surface area contributed by atoms with Crippen molar-refractivity contribution >= 4 is 23.1 Å². The zero-order chi connectivity index (χ0) is 15.0. The number of nitrogens with one attached hydrogen (secondary N) is 1. The Morgan fingerprint density at radius 3 is 2.90 bits per heavy atom. The highest BCUT2D eigenvalue weighted by atomic mass is 32.2. The van der Waals surface area contributed by atoms with E-state index in [-0.39, 0.29) is 5.41 Å². The zero-order valence-electron chi connectivity index (χ0n) is 12.4. The van der Waals surface area contributed by atoms with E-state index in [0.29, 0.717) is 0 Å². The van der Waals surface area contributed by atoms with Crippen LogP contribution in [0.2, 0.25) is 0 Å². The Morgan fingerprint density at radius 2 is 2.24 bits per heavy atom. The number of fused-ring (bicyclic) bond motifs is 1. The molecular weight excluding hydrogens is 300 g/mol. The van der Waals surface area contributed by atoms with Gasteiger partial charge in [0.1, 0.15) is 0 Å². The van der Waals surface area contributed by atoms with Crippen molar-refractivity contribution < 1.29 is 0 Å². The van der Waals surface area contributed by atoms with Gasteiger partial charge in [-0.15, -0.1) is 33.3 Å². The van der Waals surface area contributed by atoms with Crippen molar-refractivity contribution in [1.29, 1.82) is 0 Å². The smallest absolute Gasteiger partial charge is 0.177 e. The van der Waals surface area contributed by atoms with Gasteiger partial charge in [0.05, 0.1) is 5.41 Å². The first-order valence-corrected chi connectivity index (χ1v) is 8.58. The van der Waals surface area contributed by atoms with Crippen LogP contribution in [-0.4, -0.2) is 20.6 Å². The fraction of sp³-hybridized carbons (Fsp3) is 0.400. The van der Waals surface area contributed by atoms with Crippen LogP contribution in [0.4, 0.5) is 0 Å². The van der Waals surface area contributed by atoms with Gasteiger partial charge in [0.2, 0.25) is 0 Å². The predicted molar refractivity (Wildman–Crippen MR) is 88.5 cm³/mol. The molecule has 110 valence electrons. The highest BCUT2D eigenvalue weighted by Gasteiger charge is 2.40. The van der Waals surface area contributed by atoms with Crippen molar-refractivity contribution in [2.75, 3.05) is 0 Å². The molecule has 1 N–H and O–H groups in total. The number of thiophene rings is 1. The van der Waals surface area contributed by atoms with Gasteiger partial charge in [0.25, 0.3) is 0 Å². The molecule has 0 fully saturated rings. The van der Waals surface area contributed by atoms with Gasteiger partial charge in [0.15, 0.2) is 5.82 Å². The molecule has 2 aromatic heterocycles. The van der Waals surface area contributed by atoms with Crippen molar-refractivity contribution in [2.45, 2.75) is 39.0 Å². The Morgan fingerprint density at radius 1 is 1.43 bits per heavy atom. The summed E-state index contributed by atoms with van der Waals surface area (Å²) in [5, 5.41) is 16.9. The molecule has 1 aliphatic rings. The number of hydrogen-bond donors (Lipinski definition) is 1. The van der Waals surface area contributed by atoms with Crippen molar-refractivity contribution in [2.24, 2.45) is 0 Å². The second-order valence-electron chi connectivity index (χ2n) is 5.39. The summed E-state index contributed by atoms with van der Waals surface area (Å²) in [7, 11) is 0. The zero-order valence-corrected chi connectivity index (χ0v) is 14.1. The molecule has 1 aliphatic carbocycles. The number of nitrogens with zero attached hydrogens (tertiary/aromatic N) is 3. The van der Waals surface area contributed by atoms with Crippen LogP contribution in [0.15, 0.2) is 28.5 Å². The maximum atomic E-state index is 4.29. The largest absolute Gasteiger partial charge is 0.188 e. The van der Waals surface area contributed by atoms with Crippen LogP contribution in [0.3, 0.4) is 0 Å². The molecule has 0 saturated carbocycles. The number of hydrogen-bond acceptors (Lipinski definition) is 5.